The molecule has 5 amide bonds. The van der Waals surface area contributed by atoms with Gasteiger partial charge in [-0.05, 0) is 43.7 Å². The number of carbonyl (C=O) groups excluding carboxylic acids is 5. The number of likely N-dealkylation sites (tertiary alicyclic amines) is 1. The molecule has 1 saturated carbocycles. The lowest BCUT2D eigenvalue weighted by Crippen LogP contribution is -2.54. The van der Waals surface area contributed by atoms with E-state index in [1.807, 2.05) is 15.8 Å². The van der Waals surface area contributed by atoms with Crippen LogP contribution in [-0.2, 0) is 20.9 Å². The summed E-state index contributed by atoms with van der Waals surface area (Å²) >= 11 is 0. The normalized spacial score (nSPS) is 25.4. The first kappa shape index (κ1) is 24.3. The number of carbonyl (C=O) groups is 5. The summed E-state index contributed by atoms with van der Waals surface area (Å²) in [7, 11) is 0. The first-order valence-electron chi connectivity index (χ1n) is 13.2. The molecule has 0 radical (unpaired) electrons. The van der Waals surface area contributed by atoms with Gasteiger partial charge in [0.1, 0.15) is 6.04 Å². The molecule has 1 aromatic carbocycles. The van der Waals surface area contributed by atoms with Crippen molar-refractivity contribution in [2.75, 3.05) is 18.4 Å². The van der Waals surface area contributed by atoms with Crippen molar-refractivity contribution in [3.63, 3.8) is 0 Å². The number of amides is 5. The zero-order valence-corrected chi connectivity index (χ0v) is 21.2. The third-order valence-corrected chi connectivity index (χ3v) is 8.18. The summed E-state index contributed by atoms with van der Waals surface area (Å²) in [6, 6.07) is 4.23. The number of anilines is 1. The molecule has 3 aliphatic heterocycles. The van der Waals surface area contributed by atoms with Crippen molar-refractivity contribution >= 4 is 35.2 Å². The van der Waals surface area contributed by atoms with Crippen LogP contribution in [0.2, 0.25) is 0 Å². The highest BCUT2D eigenvalue weighted by Crippen LogP contribution is 2.40. The van der Waals surface area contributed by atoms with E-state index < -0.39 is 29.7 Å². The van der Waals surface area contributed by atoms with E-state index in [0.717, 1.165) is 42.8 Å². The molecule has 3 atom stereocenters. The first-order chi connectivity index (χ1) is 18.3. The number of hydrogen-bond donors (Lipinski definition) is 2. The molecule has 1 aromatic heterocycles. The lowest BCUT2D eigenvalue weighted by Gasteiger charge is -2.32. The molecule has 2 saturated heterocycles. The predicted molar refractivity (Wildman–Crippen MR) is 135 cm³/mol. The van der Waals surface area contributed by atoms with Gasteiger partial charge in [-0.15, -0.1) is 0 Å². The van der Waals surface area contributed by atoms with Crippen LogP contribution in [0.4, 0.5) is 5.69 Å². The minimum Gasteiger partial charge on any atom is -0.380 e. The average molecular weight is 519 g/mol. The van der Waals surface area contributed by atoms with E-state index in [-0.39, 0.29) is 35.9 Å². The number of rotatable bonds is 6. The zero-order chi connectivity index (χ0) is 26.6. The fourth-order valence-electron chi connectivity index (χ4n) is 5.78. The average Bonchev–Trinajstić information content (AvgIpc) is 3.35. The van der Waals surface area contributed by atoms with Crippen molar-refractivity contribution in [3.8, 4) is 0 Å². The topological polar surface area (TPSA) is 134 Å². The number of nitrogens with one attached hydrogen (secondary N) is 2. The van der Waals surface area contributed by atoms with Gasteiger partial charge in [0.15, 0.2) is 0 Å². The molecule has 4 aliphatic rings. The van der Waals surface area contributed by atoms with Crippen LogP contribution in [0, 0.1) is 11.8 Å². The number of fused-ring (bicyclic) bond motifs is 1. The fraction of sp³-hybridized carbons (Fsp3) is 0.481. The van der Waals surface area contributed by atoms with Gasteiger partial charge in [-0.2, -0.15) is 5.10 Å². The number of benzene rings is 1. The van der Waals surface area contributed by atoms with Gasteiger partial charge in [-0.1, -0.05) is 13.0 Å². The van der Waals surface area contributed by atoms with Gasteiger partial charge < -0.3 is 10.2 Å². The Labute approximate surface area is 219 Å². The highest BCUT2D eigenvalue weighted by molar-refractivity contribution is 6.25. The van der Waals surface area contributed by atoms with Crippen molar-refractivity contribution in [2.45, 2.75) is 57.7 Å². The van der Waals surface area contributed by atoms with Crippen molar-refractivity contribution in [1.29, 1.82) is 0 Å². The first-order valence-corrected chi connectivity index (χ1v) is 13.2. The minimum atomic E-state index is -0.999. The Bertz CT molecular complexity index is 1340. The van der Waals surface area contributed by atoms with E-state index in [1.165, 1.54) is 0 Å². The van der Waals surface area contributed by atoms with Crippen LogP contribution >= 0.6 is 0 Å². The molecule has 2 N–H and O–H groups in total. The third-order valence-electron chi connectivity index (χ3n) is 8.18. The maximum atomic E-state index is 13.3. The molecule has 2 aromatic rings. The van der Waals surface area contributed by atoms with E-state index >= 15 is 0 Å². The van der Waals surface area contributed by atoms with Crippen molar-refractivity contribution in [2.24, 2.45) is 11.8 Å². The molecule has 1 aliphatic carbocycles. The number of nitrogens with zero attached hydrogens (tertiary/aromatic N) is 4. The van der Waals surface area contributed by atoms with Crippen molar-refractivity contribution in [1.82, 2.24) is 24.9 Å². The number of hydrogen-bond acceptors (Lipinski definition) is 7. The smallest absolute Gasteiger partial charge is 0.264 e. The maximum absolute atomic E-state index is 13.3. The Balaban J connectivity index is 1.10. The monoisotopic (exact) mass is 518 g/mol. The molecule has 3 unspecified atom stereocenters. The van der Waals surface area contributed by atoms with Crippen LogP contribution in [-0.4, -0.2) is 68.2 Å². The molecule has 0 spiro atoms. The standard InChI is InChI=1S/C27H30N6O5/c1-15-11-19(15)25(36)31-9-7-17(8-10-31)32-14-16(13-29-32)12-28-20-4-2-3-18-23(20)27(38)33(26(18)37)21-5-6-22(34)30-24(21)35/h2-4,13-15,17,19,21,28H,5-12H2,1H3,(H,30,34,35). The summed E-state index contributed by atoms with van der Waals surface area (Å²) in [5, 5.41) is 10.0. The van der Waals surface area contributed by atoms with Gasteiger partial charge in [-0.3, -0.25) is 38.9 Å². The van der Waals surface area contributed by atoms with Gasteiger partial charge in [0.25, 0.3) is 11.8 Å². The summed E-state index contributed by atoms with van der Waals surface area (Å²) in [4.78, 5) is 65.6. The molecule has 11 nitrogen and oxygen atoms in total. The maximum Gasteiger partial charge on any atom is 0.264 e. The molecule has 38 heavy (non-hydrogen) atoms. The molecule has 4 heterocycles. The lowest BCUT2D eigenvalue weighted by atomic mass is 10.0. The lowest BCUT2D eigenvalue weighted by molar-refractivity contribution is -0.136. The molecular formula is C27H30N6O5. The summed E-state index contributed by atoms with van der Waals surface area (Å²) < 4.78 is 1.95. The van der Waals surface area contributed by atoms with Crippen LogP contribution in [0.5, 0.6) is 0 Å². The van der Waals surface area contributed by atoms with Crippen molar-refractivity contribution < 1.29 is 24.0 Å². The Morgan fingerprint density at radius 3 is 2.58 bits per heavy atom. The zero-order valence-electron chi connectivity index (χ0n) is 21.2. The number of imide groups is 2. The highest BCUT2D eigenvalue weighted by Gasteiger charge is 2.46. The molecular weight excluding hydrogens is 488 g/mol. The Morgan fingerprint density at radius 1 is 1.11 bits per heavy atom. The van der Waals surface area contributed by atoms with Crippen LogP contribution in [0.15, 0.2) is 30.6 Å². The second-order valence-electron chi connectivity index (χ2n) is 10.7. The second kappa shape index (κ2) is 9.38. The van der Waals surface area contributed by atoms with E-state index in [9.17, 15) is 24.0 Å². The van der Waals surface area contributed by atoms with Crippen LogP contribution in [0.25, 0.3) is 0 Å². The Hall–Kier alpha value is -4.02. The van der Waals surface area contributed by atoms with Crippen LogP contribution < -0.4 is 10.6 Å². The van der Waals surface area contributed by atoms with E-state index in [4.69, 9.17) is 0 Å². The highest BCUT2D eigenvalue weighted by atomic mass is 16.2. The second-order valence-corrected chi connectivity index (χ2v) is 10.7. The van der Waals surface area contributed by atoms with E-state index in [2.05, 4.69) is 22.7 Å². The summed E-state index contributed by atoms with van der Waals surface area (Å²) in [6.07, 6.45) is 6.68. The summed E-state index contributed by atoms with van der Waals surface area (Å²) in [5.41, 5.74) is 1.90. The quantitative estimate of drug-likeness (QED) is 0.556. The van der Waals surface area contributed by atoms with Crippen LogP contribution in [0.1, 0.15) is 71.3 Å². The van der Waals surface area contributed by atoms with E-state index in [0.29, 0.717) is 24.1 Å². The van der Waals surface area contributed by atoms with Crippen LogP contribution in [0.3, 0.4) is 0 Å². The third kappa shape index (κ3) is 4.25. The van der Waals surface area contributed by atoms with E-state index in [1.54, 1.807) is 24.4 Å². The number of piperidine rings is 2. The summed E-state index contributed by atoms with van der Waals surface area (Å²) in [5.74, 6) is -1.08. The Morgan fingerprint density at radius 2 is 1.87 bits per heavy atom. The molecule has 0 bridgehead atoms. The van der Waals surface area contributed by atoms with Gasteiger partial charge >= 0.3 is 0 Å². The molecule has 11 heteroatoms. The largest absolute Gasteiger partial charge is 0.380 e. The fourth-order valence-corrected chi connectivity index (χ4v) is 5.78. The minimum absolute atomic E-state index is 0.0773. The SMILES string of the molecule is CC1CC1C(=O)N1CCC(n2cc(CNc3cccc4c3C(=O)N(C3CCC(=O)NC3=O)C4=O)cn2)CC1. The Kier molecular flexibility index (Phi) is 6.00. The molecule has 198 valence electrons. The molecule has 3 fully saturated rings. The number of aromatic nitrogens is 2. The van der Waals surface area contributed by atoms with Gasteiger partial charge in [-0.25, -0.2) is 0 Å². The predicted octanol–water partition coefficient (Wildman–Crippen LogP) is 1.72. The molecule has 6 rings (SSSR count). The summed E-state index contributed by atoms with van der Waals surface area (Å²) in [6.45, 7) is 4.01. The van der Waals surface area contributed by atoms with Gasteiger partial charge in [0.05, 0.1) is 23.4 Å². The van der Waals surface area contributed by atoms with Gasteiger partial charge in [0, 0.05) is 49.4 Å². The van der Waals surface area contributed by atoms with Gasteiger partial charge in [0.2, 0.25) is 17.7 Å². The van der Waals surface area contributed by atoms with Crippen molar-refractivity contribution in [3.05, 3.63) is 47.3 Å².